The van der Waals surface area contributed by atoms with Crippen molar-refractivity contribution in [2.45, 2.75) is 12.5 Å². The summed E-state index contributed by atoms with van der Waals surface area (Å²) in [6.45, 7) is 0. The van der Waals surface area contributed by atoms with Gasteiger partial charge in [-0.3, -0.25) is 9.59 Å². The van der Waals surface area contributed by atoms with Gasteiger partial charge in [-0.2, -0.15) is 0 Å². The van der Waals surface area contributed by atoms with Crippen LogP contribution in [0.1, 0.15) is 16.8 Å². The van der Waals surface area contributed by atoms with Gasteiger partial charge in [0.05, 0.1) is 6.42 Å². The minimum atomic E-state index is -1.55. The molecule has 21 heavy (non-hydrogen) atoms. The van der Waals surface area contributed by atoms with Gasteiger partial charge in [0.25, 0.3) is 0 Å². The number of hydrogen-bond donors (Lipinski definition) is 5. The number of nitrogens with two attached hydrogens (primary N) is 1. The van der Waals surface area contributed by atoms with Gasteiger partial charge in [0.15, 0.2) is 0 Å². The van der Waals surface area contributed by atoms with Crippen LogP contribution in [0.25, 0.3) is 0 Å². The van der Waals surface area contributed by atoms with Crippen molar-refractivity contribution in [1.29, 1.82) is 0 Å². The maximum absolute atomic E-state index is 11.6. The lowest BCUT2D eigenvalue weighted by Crippen LogP contribution is -2.44. The van der Waals surface area contributed by atoms with Crippen molar-refractivity contribution in [1.82, 2.24) is 5.32 Å². The zero-order valence-electron chi connectivity index (χ0n) is 10.7. The number of aliphatic carboxylic acids is 2. The number of carbonyl (C=O) groups excluding carboxylic acids is 2. The van der Waals surface area contributed by atoms with E-state index in [0.29, 0.717) is 0 Å². The van der Waals surface area contributed by atoms with E-state index in [2.05, 4.69) is 5.32 Å². The highest BCUT2D eigenvalue weighted by atomic mass is 16.4. The first-order chi connectivity index (χ1) is 9.79. The summed E-state index contributed by atoms with van der Waals surface area (Å²) in [7, 11) is 0. The summed E-state index contributed by atoms with van der Waals surface area (Å²) in [5.41, 5.74) is 5.59. The van der Waals surface area contributed by atoms with Gasteiger partial charge >= 0.3 is 18.0 Å². The van der Waals surface area contributed by atoms with Gasteiger partial charge in [-0.25, -0.2) is 9.59 Å². The van der Waals surface area contributed by atoms with Gasteiger partial charge in [0, 0.05) is 11.3 Å². The summed E-state index contributed by atoms with van der Waals surface area (Å²) in [5, 5.41) is 21.6. The molecule has 0 aliphatic heterocycles. The van der Waals surface area contributed by atoms with Gasteiger partial charge in [-0.05, 0) is 24.3 Å². The molecule has 0 fully saturated rings. The predicted octanol–water partition coefficient (Wildman–Crippen LogP) is -0.165. The Morgan fingerprint density at radius 1 is 1.10 bits per heavy atom. The van der Waals surface area contributed by atoms with Gasteiger partial charge in [-0.15, -0.1) is 0 Å². The van der Waals surface area contributed by atoms with Crippen LogP contribution in [0.5, 0.6) is 0 Å². The lowest BCUT2D eigenvalue weighted by molar-refractivity contribution is -0.145. The Morgan fingerprint density at radius 2 is 1.67 bits per heavy atom. The fraction of sp³-hybridized carbons (Fsp3) is 0.167. The standard InChI is InChI=1S/C12H13N3O6/c13-10(18)6-1-3-7(4-2-6)14-12(21)15-8(11(19)20)5-9(16)17/h1-4,8H,5H2,(H2,13,18)(H,16,17)(H,19,20)(H2,14,15,21). The highest BCUT2D eigenvalue weighted by molar-refractivity contribution is 5.95. The summed E-state index contributed by atoms with van der Waals surface area (Å²) < 4.78 is 0. The van der Waals surface area contributed by atoms with Crippen LogP contribution in [0.4, 0.5) is 10.5 Å². The molecule has 0 aliphatic rings. The number of carbonyl (C=O) groups is 4. The van der Waals surface area contributed by atoms with E-state index in [1.165, 1.54) is 24.3 Å². The van der Waals surface area contributed by atoms with Crippen molar-refractivity contribution >= 4 is 29.6 Å². The van der Waals surface area contributed by atoms with Crippen LogP contribution in [-0.2, 0) is 9.59 Å². The quantitative estimate of drug-likeness (QED) is 0.490. The zero-order chi connectivity index (χ0) is 16.0. The zero-order valence-corrected chi connectivity index (χ0v) is 10.7. The van der Waals surface area contributed by atoms with Crippen LogP contribution in [0, 0.1) is 0 Å². The molecule has 1 atom stereocenters. The summed E-state index contributed by atoms with van der Waals surface area (Å²) in [6, 6.07) is 3.12. The van der Waals surface area contributed by atoms with Crippen LogP contribution >= 0.6 is 0 Å². The van der Waals surface area contributed by atoms with Crippen molar-refractivity contribution in [3.8, 4) is 0 Å². The number of carboxylic acids is 2. The smallest absolute Gasteiger partial charge is 0.326 e. The maximum atomic E-state index is 11.6. The first-order valence-electron chi connectivity index (χ1n) is 5.71. The van der Waals surface area contributed by atoms with Gasteiger partial charge < -0.3 is 26.6 Å². The summed E-state index contributed by atoms with van der Waals surface area (Å²) in [6.07, 6.45) is -0.747. The fourth-order valence-electron chi connectivity index (χ4n) is 1.42. The number of rotatable bonds is 6. The van der Waals surface area contributed by atoms with E-state index in [1.54, 1.807) is 0 Å². The Labute approximate surface area is 118 Å². The number of amides is 3. The Kier molecular flexibility index (Phi) is 5.24. The Hall–Kier alpha value is -3.10. The highest BCUT2D eigenvalue weighted by Gasteiger charge is 2.22. The molecule has 1 rings (SSSR count). The molecule has 1 aromatic carbocycles. The first kappa shape index (κ1) is 16.0. The van der Waals surface area contributed by atoms with Crippen LogP contribution in [-0.4, -0.2) is 40.1 Å². The van der Waals surface area contributed by atoms with Crippen molar-refractivity contribution < 1.29 is 29.4 Å². The van der Waals surface area contributed by atoms with Crippen LogP contribution in [0.2, 0.25) is 0 Å². The number of urea groups is 1. The molecule has 0 heterocycles. The topological polar surface area (TPSA) is 159 Å². The number of primary amides is 1. The molecule has 9 heteroatoms. The molecule has 0 aliphatic carbocycles. The maximum Gasteiger partial charge on any atom is 0.326 e. The molecule has 112 valence electrons. The summed E-state index contributed by atoms with van der Waals surface area (Å²) in [5.74, 6) is -3.44. The highest BCUT2D eigenvalue weighted by Crippen LogP contribution is 2.09. The molecular formula is C12H13N3O6. The Balaban J connectivity index is 2.65. The third-order valence-electron chi connectivity index (χ3n) is 2.41. The second-order valence-corrected chi connectivity index (χ2v) is 4.03. The van der Waals surface area contributed by atoms with Crippen LogP contribution in [0.15, 0.2) is 24.3 Å². The third kappa shape index (κ3) is 5.19. The summed E-state index contributed by atoms with van der Waals surface area (Å²) >= 11 is 0. The van der Waals surface area contributed by atoms with E-state index in [-0.39, 0.29) is 11.3 Å². The second-order valence-electron chi connectivity index (χ2n) is 4.03. The average Bonchev–Trinajstić information content (AvgIpc) is 2.37. The molecule has 0 aromatic heterocycles. The first-order valence-corrected chi connectivity index (χ1v) is 5.71. The second kappa shape index (κ2) is 6.89. The molecule has 3 amide bonds. The van der Waals surface area contributed by atoms with Crippen LogP contribution < -0.4 is 16.4 Å². The minimum Gasteiger partial charge on any atom is -0.481 e. The SMILES string of the molecule is NC(=O)c1ccc(NC(=O)NC(CC(=O)O)C(=O)O)cc1. The average molecular weight is 295 g/mol. The van der Waals surface area contributed by atoms with Crippen molar-refractivity contribution in [3.05, 3.63) is 29.8 Å². The van der Waals surface area contributed by atoms with Gasteiger partial charge in [0.1, 0.15) is 6.04 Å². The normalized spacial score (nSPS) is 11.2. The molecule has 0 spiro atoms. The fourth-order valence-corrected chi connectivity index (χ4v) is 1.42. The number of carboxylic acid groups (broad SMARTS) is 2. The predicted molar refractivity (Wildman–Crippen MR) is 70.8 cm³/mol. The molecular weight excluding hydrogens is 282 g/mol. The number of hydrogen-bond acceptors (Lipinski definition) is 4. The monoisotopic (exact) mass is 295 g/mol. The lowest BCUT2D eigenvalue weighted by Gasteiger charge is -2.13. The van der Waals surface area contributed by atoms with Gasteiger partial charge in [0.2, 0.25) is 5.91 Å². The number of anilines is 1. The van der Waals surface area contributed by atoms with E-state index in [9.17, 15) is 19.2 Å². The van der Waals surface area contributed by atoms with E-state index in [0.717, 1.165) is 0 Å². The van der Waals surface area contributed by atoms with Crippen LogP contribution in [0.3, 0.4) is 0 Å². The molecule has 0 saturated carbocycles. The number of benzene rings is 1. The lowest BCUT2D eigenvalue weighted by atomic mass is 10.2. The van der Waals surface area contributed by atoms with Crippen molar-refractivity contribution in [2.24, 2.45) is 5.73 Å². The molecule has 0 bridgehead atoms. The molecule has 1 aromatic rings. The van der Waals surface area contributed by atoms with E-state index >= 15 is 0 Å². The van der Waals surface area contributed by atoms with Gasteiger partial charge in [-0.1, -0.05) is 0 Å². The molecule has 1 unspecified atom stereocenters. The molecule has 6 N–H and O–H groups in total. The third-order valence-corrected chi connectivity index (χ3v) is 2.41. The summed E-state index contributed by atoms with van der Waals surface area (Å²) in [4.78, 5) is 43.7. The van der Waals surface area contributed by atoms with E-state index in [1.807, 2.05) is 5.32 Å². The van der Waals surface area contributed by atoms with E-state index < -0.39 is 36.3 Å². The largest absolute Gasteiger partial charge is 0.481 e. The Bertz CT molecular complexity index is 569. The van der Waals surface area contributed by atoms with Crippen molar-refractivity contribution in [3.63, 3.8) is 0 Å². The molecule has 0 radical (unpaired) electrons. The number of nitrogens with one attached hydrogen (secondary N) is 2. The van der Waals surface area contributed by atoms with Crippen molar-refractivity contribution in [2.75, 3.05) is 5.32 Å². The van der Waals surface area contributed by atoms with E-state index in [4.69, 9.17) is 15.9 Å². The Morgan fingerprint density at radius 3 is 2.10 bits per heavy atom. The minimum absolute atomic E-state index is 0.246. The molecule has 9 nitrogen and oxygen atoms in total. The molecule has 0 saturated heterocycles.